The van der Waals surface area contributed by atoms with Crippen LogP contribution in [0.25, 0.3) is 22.1 Å². The molecule has 478 valence electrons. The molecule has 0 aromatic carbocycles. The lowest BCUT2D eigenvalue weighted by atomic mass is 9.84. The molecule has 4 aliphatic rings. The van der Waals surface area contributed by atoms with E-state index in [4.69, 9.17) is 67.7 Å². The van der Waals surface area contributed by atoms with Gasteiger partial charge in [-0.3, -0.25) is 18.6 Å². The lowest BCUT2D eigenvalue weighted by Gasteiger charge is -2.52. The van der Waals surface area contributed by atoms with Crippen molar-refractivity contribution in [2.75, 3.05) is 13.2 Å². The number of ether oxygens (including phenoxy) is 2. The Hall–Kier alpha value is -2.74. The third kappa shape index (κ3) is 11.7. The summed E-state index contributed by atoms with van der Waals surface area (Å²) < 4.78 is 81.0. The molecule has 0 bridgehead atoms. The molecule has 2 N–H and O–H groups in total. The molecule has 2 unspecified atom stereocenters. The van der Waals surface area contributed by atoms with Crippen molar-refractivity contribution in [3.8, 4) is 12.1 Å². The number of rotatable bonds is 19. The Balaban J connectivity index is 1.36. The van der Waals surface area contributed by atoms with Gasteiger partial charge in [0.15, 0.2) is 22.5 Å². The molecular weight excluding hydrogens is 1230 g/mol. The van der Waals surface area contributed by atoms with Crippen LogP contribution in [0.4, 0.5) is 0 Å². The summed E-state index contributed by atoms with van der Waals surface area (Å²) in [4.78, 5) is 41.8. The minimum Gasteiger partial charge on any atom is -0.414 e. The standard InChI is InChI=1S/C58H94Cl2N9O12PSi4/c1-31(2)69(32(3)4)82(78-57(21,27-61)47-49-43(74-55(47)67-23-41(59)45-51(67)63-29-65-53(45)70)25-72-83(33(5)6,34(7)8)80-85(76-49,37(13)14)38(15)16)79-58(22,28-62)48-50-44(75-56(48)68-24-42(60)46-52(68)64-30-66-54(46)71)26-73-84(35(9)10,36(11)12)81-86(77-50,39(17)18)40(19)20/h23-24,29-40,43-44,47-50,55-56H,25-26H2,1-22H3,(H,63,65,70)(H,64,66,71)/t43-,44-,47+,48+,49+,50+,55-,56-,57?,58?,82?/m1/s1. The Kier molecular flexibility index (Phi) is 20.7. The molecule has 10 atom stereocenters. The quantitative estimate of drug-likeness (QED) is 0.0654. The van der Waals surface area contributed by atoms with E-state index in [9.17, 15) is 20.1 Å². The Bertz CT molecular complexity index is 3040. The molecule has 0 radical (unpaired) electrons. The summed E-state index contributed by atoms with van der Waals surface area (Å²) >= 11 is 14.0. The molecule has 86 heavy (non-hydrogen) atoms. The van der Waals surface area contributed by atoms with E-state index in [0.29, 0.717) is 0 Å². The molecule has 0 spiro atoms. The molecule has 8 rings (SSSR count). The summed E-state index contributed by atoms with van der Waals surface area (Å²) in [6, 6.07) is 4.66. The largest absolute Gasteiger partial charge is 0.414 e. The lowest BCUT2D eigenvalue weighted by molar-refractivity contribution is -0.0697. The molecule has 4 aromatic heterocycles. The summed E-state index contributed by atoms with van der Waals surface area (Å²) in [5.74, 6) is -2.11. The first kappa shape index (κ1) is 69.2. The van der Waals surface area contributed by atoms with Gasteiger partial charge in [0.2, 0.25) is 0 Å². The topological polar surface area (TPSA) is 244 Å². The smallest absolute Gasteiger partial charge is 0.335 e. The molecule has 4 fully saturated rings. The Morgan fingerprint density at radius 1 is 0.581 bits per heavy atom. The molecule has 4 aliphatic heterocycles. The lowest BCUT2D eigenvalue weighted by Crippen LogP contribution is -2.66. The van der Waals surface area contributed by atoms with Crippen molar-refractivity contribution in [3.63, 3.8) is 0 Å². The van der Waals surface area contributed by atoms with Gasteiger partial charge in [-0.1, -0.05) is 134 Å². The van der Waals surface area contributed by atoms with Crippen molar-refractivity contribution in [2.45, 2.75) is 257 Å². The van der Waals surface area contributed by atoms with Crippen LogP contribution in [-0.4, -0.2) is 129 Å². The number of nitrogens with one attached hydrogen (secondary N) is 2. The van der Waals surface area contributed by atoms with Gasteiger partial charge < -0.3 is 54.5 Å². The van der Waals surface area contributed by atoms with Crippen LogP contribution in [0.1, 0.15) is 165 Å². The fraction of sp³-hybridized carbons (Fsp3) is 0.759. The van der Waals surface area contributed by atoms with Crippen LogP contribution in [0.5, 0.6) is 0 Å². The maximum atomic E-state index is 13.6. The van der Waals surface area contributed by atoms with Crippen LogP contribution in [0, 0.1) is 34.5 Å². The highest BCUT2D eigenvalue weighted by atomic mass is 35.5. The molecule has 28 heteroatoms. The predicted octanol–water partition coefficient (Wildman–Crippen LogP) is 13.7. The minimum atomic E-state index is -3.46. The molecule has 0 aliphatic carbocycles. The summed E-state index contributed by atoms with van der Waals surface area (Å²) in [6.45, 7) is 45.7. The zero-order valence-electron chi connectivity index (χ0n) is 54.3. The van der Waals surface area contributed by atoms with E-state index in [2.05, 4.69) is 143 Å². The molecule has 4 saturated heterocycles. The number of halogens is 2. The Morgan fingerprint density at radius 3 is 1.17 bits per heavy atom. The van der Waals surface area contributed by atoms with Crippen LogP contribution >= 0.6 is 31.7 Å². The van der Waals surface area contributed by atoms with Gasteiger partial charge in [-0.2, -0.15) is 10.5 Å². The van der Waals surface area contributed by atoms with Crippen LogP contribution in [0.15, 0.2) is 34.6 Å². The summed E-state index contributed by atoms with van der Waals surface area (Å²) in [5, 5.41) is 25.1. The van der Waals surface area contributed by atoms with Gasteiger partial charge in [0.25, 0.3) is 19.6 Å². The number of aromatic nitrogens is 6. The highest BCUT2D eigenvalue weighted by Gasteiger charge is 2.68. The van der Waals surface area contributed by atoms with Crippen LogP contribution < -0.4 is 11.1 Å². The average Bonchev–Trinajstić information content (AvgIpc) is 1.59. The summed E-state index contributed by atoms with van der Waals surface area (Å²) in [5.41, 5.74) is -4.69. The third-order valence-corrected chi connectivity index (χ3v) is 42.0. The van der Waals surface area contributed by atoms with Gasteiger partial charge in [-0.25, -0.2) is 14.6 Å². The highest BCUT2D eigenvalue weighted by Crippen LogP contribution is 2.62. The van der Waals surface area contributed by atoms with Crippen molar-refractivity contribution < 1.29 is 44.5 Å². The predicted molar refractivity (Wildman–Crippen MR) is 342 cm³/mol. The number of aromatic amines is 2. The van der Waals surface area contributed by atoms with E-state index in [0.717, 1.165) is 0 Å². The number of hydrogen-bond donors (Lipinski definition) is 2. The van der Waals surface area contributed by atoms with Crippen molar-refractivity contribution in [1.82, 2.24) is 33.7 Å². The van der Waals surface area contributed by atoms with Crippen molar-refractivity contribution in [3.05, 3.63) is 55.8 Å². The first-order valence-corrected chi connectivity index (χ1v) is 40.5. The van der Waals surface area contributed by atoms with Crippen molar-refractivity contribution in [1.29, 1.82) is 10.5 Å². The van der Waals surface area contributed by atoms with Gasteiger partial charge in [0.1, 0.15) is 35.4 Å². The monoisotopic (exact) mass is 1320 g/mol. The number of nitriles is 2. The molecule has 0 amide bonds. The van der Waals surface area contributed by atoms with E-state index in [1.807, 2.05) is 32.4 Å². The van der Waals surface area contributed by atoms with Crippen LogP contribution in [-0.2, 0) is 44.5 Å². The first-order valence-electron chi connectivity index (χ1n) is 30.7. The second-order valence-electron chi connectivity index (χ2n) is 27.4. The van der Waals surface area contributed by atoms with Crippen molar-refractivity contribution >= 4 is 88.0 Å². The number of nitrogens with zero attached hydrogens (tertiary/aromatic N) is 7. The maximum Gasteiger partial charge on any atom is 0.335 e. The first-order chi connectivity index (χ1) is 40.1. The van der Waals surface area contributed by atoms with E-state index in [1.165, 1.54) is 12.7 Å². The maximum absolute atomic E-state index is 13.6. The van der Waals surface area contributed by atoms with Gasteiger partial charge >= 0.3 is 34.2 Å². The SMILES string of the molecule is CC(C)N(C(C)C)P(OC(C)(C#N)[C@H]1[C@H]2O[Si](C(C)C)(C(C)C)O[Si](C(C)C)(C(C)C)OC[C@H]2O[C@H]1n1cc(Cl)c2c(=O)[nH]cnc21)OC(C)(C#N)[C@H]1[C@H]2O[Si](C(C)C)(C(C)C)O[Si](C(C)C)(C(C)C)OC[C@H]2O[C@H]1n1cc(Cl)c2c(=O)[nH]cnc21. The van der Waals surface area contributed by atoms with Gasteiger partial charge in [-0.15, -0.1) is 0 Å². The normalized spacial score (nSPS) is 27.7. The second-order valence-corrected chi connectivity index (χ2v) is 47.2. The van der Waals surface area contributed by atoms with E-state index < -0.39 is 114 Å². The molecule has 0 saturated carbocycles. The number of H-pyrrole nitrogens is 2. The fourth-order valence-corrected chi connectivity index (χ4v) is 39.1. The molecule has 21 nitrogen and oxygen atoms in total. The number of fused-ring (bicyclic) bond motifs is 4. The van der Waals surface area contributed by atoms with Gasteiger partial charge in [0, 0.05) is 24.5 Å². The second kappa shape index (κ2) is 25.7. The summed E-state index contributed by atoms with van der Waals surface area (Å²) in [7, 11) is -15.7. The Morgan fingerprint density at radius 2 is 0.895 bits per heavy atom. The Labute approximate surface area is 523 Å². The highest BCUT2D eigenvalue weighted by molar-refractivity contribution is 7.44. The van der Waals surface area contributed by atoms with E-state index in [-0.39, 0.29) is 102 Å². The zero-order valence-corrected chi connectivity index (χ0v) is 60.8. The molecule has 4 aromatic rings. The van der Waals surface area contributed by atoms with E-state index >= 15 is 0 Å². The summed E-state index contributed by atoms with van der Waals surface area (Å²) in [6.07, 6.45) is 0.0801. The molecular formula is C58H94Cl2N9O12PSi4. The van der Waals surface area contributed by atoms with Gasteiger partial charge in [0.05, 0.1) is 72.1 Å². The van der Waals surface area contributed by atoms with Crippen LogP contribution in [0.3, 0.4) is 0 Å². The van der Waals surface area contributed by atoms with Crippen LogP contribution in [0.2, 0.25) is 54.4 Å². The number of hydrogen-bond acceptors (Lipinski definition) is 17. The third-order valence-electron chi connectivity index (χ3n) is 18.5. The van der Waals surface area contributed by atoms with E-state index in [1.54, 1.807) is 35.4 Å². The fourth-order valence-electron chi connectivity index (χ4n) is 14.2. The molecule has 8 heterocycles. The van der Waals surface area contributed by atoms with Crippen molar-refractivity contribution in [2.24, 2.45) is 11.8 Å². The minimum absolute atomic E-state index is 0.0224. The average molecular weight is 1320 g/mol. The van der Waals surface area contributed by atoms with Gasteiger partial charge in [-0.05, 0) is 85.9 Å². The zero-order chi connectivity index (χ0) is 63.9.